The molecule has 3 aromatic rings. The van der Waals surface area contributed by atoms with Crippen LogP contribution in [0.5, 0.6) is 17.2 Å². The van der Waals surface area contributed by atoms with Crippen molar-refractivity contribution in [1.29, 1.82) is 0 Å². The quantitative estimate of drug-likeness (QED) is 0.286. The minimum Gasteiger partial charge on any atom is -0.507 e. The van der Waals surface area contributed by atoms with E-state index in [1.54, 1.807) is 6.08 Å². The number of benzene rings is 2. The van der Waals surface area contributed by atoms with Gasteiger partial charge in [0, 0.05) is 16.7 Å². The first-order chi connectivity index (χ1) is 15.8. The first-order valence-electron chi connectivity index (χ1n) is 10.4. The summed E-state index contributed by atoms with van der Waals surface area (Å²) in [6.45, 7) is 7.46. The zero-order valence-electron chi connectivity index (χ0n) is 19.2. The Bertz CT molecular complexity index is 1480. The van der Waals surface area contributed by atoms with Crippen LogP contribution in [-0.4, -0.2) is 28.3 Å². The number of allylic oxidation sites excluding steroid dienone is 4. The van der Waals surface area contributed by atoms with Crippen molar-refractivity contribution in [2.75, 3.05) is 0 Å². The molecule has 0 amide bonds. The van der Waals surface area contributed by atoms with Gasteiger partial charge >= 0.3 is 0 Å². The van der Waals surface area contributed by atoms with Crippen molar-refractivity contribution in [3.8, 4) is 28.6 Å². The Hall–Kier alpha value is -3.56. The molecule has 0 bridgehead atoms. The Morgan fingerprint density at radius 3 is 1.88 bits per heavy atom. The fourth-order valence-electron chi connectivity index (χ4n) is 3.48. The average Bonchev–Trinajstić information content (AvgIpc) is 2.74. The van der Waals surface area contributed by atoms with Crippen LogP contribution in [0.1, 0.15) is 38.8 Å². The van der Waals surface area contributed by atoms with Crippen LogP contribution in [0.2, 0.25) is 0 Å². The van der Waals surface area contributed by atoms with Crippen molar-refractivity contribution < 1.29 is 32.7 Å². The van der Waals surface area contributed by atoms with Crippen molar-refractivity contribution in [1.82, 2.24) is 0 Å². The molecule has 8 nitrogen and oxygen atoms in total. The van der Waals surface area contributed by atoms with E-state index in [9.17, 15) is 33.1 Å². The largest absolute Gasteiger partial charge is 0.507 e. The Labute approximate surface area is 196 Å². The van der Waals surface area contributed by atoms with Crippen LogP contribution in [0, 0.1) is 0 Å². The van der Waals surface area contributed by atoms with Crippen LogP contribution in [0.3, 0.4) is 0 Å². The second kappa shape index (κ2) is 9.36. The Kier molecular flexibility index (Phi) is 6.90. The summed E-state index contributed by atoms with van der Waals surface area (Å²) in [6.07, 6.45) is 3.97. The standard InChI is InChI=1S/C25H26O8S/c1-13(2)5-11-17-20(26)18(12-6-14(3)4)25-19(21(17)27)22(28)23(29)24(33-25)15-7-9-16(10-8-15)34(30,31)32/h5-10,26-27,29H,11-12H2,1-4H3,(H,30,31,32). The molecular weight excluding hydrogens is 460 g/mol. The molecular formula is C25H26O8S. The molecule has 0 spiro atoms. The maximum Gasteiger partial charge on any atom is 0.294 e. The number of hydrogen-bond acceptors (Lipinski definition) is 7. The van der Waals surface area contributed by atoms with Crippen molar-refractivity contribution in [3.05, 3.63) is 68.9 Å². The third-order valence-corrected chi connectivity index (χ3v) is 6.17. The molecule has 3 rings (SSSR count). The van der Waals surface area contributed by atoms with E-state index in [1.165, 1.54) is 12.1 Å². The second-order valence-corrected chi connectivity index (χ2v) is 9.86. The van der Waals surface area contributed by atoms with Gasteiger partial charge in [-0.05, 0) is 64.8 Å². The first kappa shape index (κ1) is 25.1. The van der Waals surface area contributed by atoms with E-state index in [2.05, 4.69) is 0 Å². The average molecular weight is 487 g/mol. The number of rotatable bonds is 6. The lowest BCUT2D eigenvalue weighted by Crippen LogP contribution is -2.07. The molecule has 2 aromatic carbocycles. The lowest BCUT2D eigenvalue weighted by molar-refractivity contribution is 0.430. The highest BCUT2D eigenvalue weighted by molar-refractivity contribution is 7.85. The lowest BCUT2D eigenvalue weighted by Gasteiger charge is -2.15. The Balaban J connectivity index is 2.38. The smallest absolute Gasteiger partial charge is 0.294 e. The van der Waals surface area contributed by atoms with E-state index in [0.717, 1.165) is 23.3 Å². The summed E-state index contributed by atoms with van der Waals surface area (Å²) in [6, 6.07) is 4.70. The number of phenols is 2. The third-order valence-electron chi connectivity index (χ3n) is 5.30. The molecule has 0 saturated carbocycles. The van der Waals surface area contributed by atoms with E-state index in [0.29, 0.717) is 0 Å². The van der Waals surface area contributed by atoms with Gasteiger partial charge in [-0.1, -0.05) is 23.3 Å². The van der Waals surface area contributed by atoms with E-state index in [4.69, 9.17) is 4.42 Å². The van der Waals surface area contributed by atoms with Crippen LogP contribution in [0.25, 0.3) is 22.3 Å². The lowest BCUT2D eigenvalue weighted by atomic mass is 9.96. The molecule has 0 aliphatic rings. The van der Waals surface area contributed by atoms with Gasteiger partial charge in [0.2, 0.25) is 11.2 Å². The molecule has 0 saturated heterocycles. The van der Waals surface area contributed by atoms with Crippen molar-refractivity contribution >= 4 is 21.1 Å². The van der Waals surface area contributed by atoms with Crippen molar-refractivity contribution in [3.63, 3.8) is 0 Å². The van der Waals surface area contributed by atoms with Crippen LogP contribution in [-0.2, 0) is 23.0 Å². The van der Waals surface area contributed by atoms with Gasteiger partial charge in [0.25, 0.3) is 10.1 Å². The van der Waals surface area contributed by atoms with Crippen LogP contribution < -0.4 is 5.43 Å². The van der Waals surface area contributed by atoms with Gasteiger partial charge in [0.05, 0.1) is 4.90 Å². The topological polar surface area (TPSA) is 145 Å². The monoisotopic (exact) mass is 486 g/mol. The number of fused-ring (bicyclic) bond motifs is 1. The van der Waals surface area contributed by atoms with Gasteiger partial charge < -0.3 is 19.7 Å². The highest BCUT2D eigenvalue weighted by atomic mass is 32.2. The molecule has 0 radical (unpaired) electrons. The molecule has 0 atom stereocenters. The summed E-state index contributed by atoms with van der Waals surface area (Å²) in [5, 5.41) is 32.2. The van der Waals surface area contributed by atoms with Gasteiger partial charge in [-0.25, -0.2) is 0 Å². The summed E-state index contributed by atoms with van der Waals surface area (Å²) >= 11 is 0. The highest BCUT2D eigenvalue weighted by Gasteiger charge is 2.26. The zero-order valence-corrected chi connectivity index (χ0v) is 20.0. The predicted octanol–water partition coefficient (Wildman–Crippen LogP) is 4.84. The number of aromatic hydroxyl groups is 3. The van der Waals surface area contributed by atoms with Gasteiger partial charge in [-0.3, -0.25) is 9.35 Å². The molecule has 1 heterocycles. The molecule has 0 aliphatic carbocycles. The maximum absolute atomic E-state index is 13.1. The molecule has 9 heteroatoms. The molecule has 0 unspecified atom stereocenters. The van der Waals surface area contributed by atoms with E-state index in [1.807, 2.05) is 33.8 Å². The molecule has 180 valence electrons. The molecule has 4 N–H and O–H groups in total. The minimum absolute atomic E-state index is 0.0925. The SMILES string of the molecule is CC(C)=CCc1c(O)c(CC=C(C)C)c2oc(-c3ccc(S(=O)(=O)O)cc3)c(O)c(=O)c2c1O. The Morgan fingerprint density at radius 2 is 1.38 bits per heavy atom. The molecule has 1 aromatic heterocycles. The highest BCUT2D eigenvalue weighted by Crippen LogP contribution is 2.42. The van der Waals surface area contributed by atoms with E-state index < -0.39 is 27.0 Å². The fourth-order valence-corrected chi connectivity index (χ4v) is 3.96. The van der Waals surface area contributed by atoms with Gasteiger partial charge in [-0.2, -0.15) is 8.42 Å². The molecule has 34 heavy (non-hydrogen) atoms. The maximum atomic E-state index is 13.1. The van der Waals surface area contributed by atoms with Crippen molar-refractivity contribution in [2.24, 2.45) is 0 Å². The predicted molar refractivity (Wildman–Crippen MR) is 129 cm³/mol. The summed E-state index contributed by atoms with van der Waals surface area (Å²) in [5.41, 5.74) is 1.47. The fraction of sp³-hybridized carbons (Fsp3) is 0.240. The van der Waals surface area contributed by atoms with Crippen molar-refractivity contribution in [2.45, 2.75) is 45.4 Å². The second-order valence-electron chi connectivity index (χ2n) is 8.44. The van der Waals surface area contributed by atoms with Crippen LogP contribution in [0.15, 0.2) is 61.7 Å². The van der Waals surface area contributed by atoms with Crippen LogP contribution >= 0.6 is 0 Å². The van der Waals surface area contributed by atoms with E-state index >= 15 is 0 Å². The van der Waals surface area contributed by atoms with Gasteiger partial charge in [0.1, 0.15) is 22.5 Å². The number of hydrogen-bond donors (Lipinski definition) is 4. The molecule has 0 fully saturated rings. The summed E-state index contributed by atoms with van der Waals surface area (Å²) in [4.78, 5) is 12.8. The van der Waals surface area contributed by atoms with Gasteiger partial charge in [0.15, 0.2) is 5.76 Å². The Morgan fingerprint density at radius 1 is 0.853 bits per heavy atom. The zero-order chi connectivity index (χ0) is 25.4. The normalized spacial score (nSPS) is 11.4. The number of phenolic OH excluding ortho intramolecular Hbond substituents is 2. The van der Waals surface area contributed by atoms with E-state index in [-0.39, 0.29) is 56.9 Å². The summed E-state index contributed by atoms with van der Waals surface area (Å²) in [7, 11) is -4.44. The minimum atomic E-state index is -4.44. The van der Waals surface area contributed by atoms with Crippen LogP contribution in [0.4, 0.5) is 0 Å². The first-order valence-corrected chi connectivity index (χ1v) is 11.9. The summed E-state index contributed by atoms with van der Waals surface area (Å²) < 4.78 is 37.7. The van der Waals surface area contributed by atoms with Gasteiger partial charge in [-0.15, -0.1) is 0 Å². The molecule has 0 aliphatic heterocycles. The summed E-state index contributed by atoms with van der Waals surface area (Å²) in [5.74, 6) is -1.76. The third kappa shape index (κ3) is 4.85.